The molecule has 3 aromatic carbocycles. The number of carbonyl (C=O) groups excluding carboxylic acids is 2. The van der Waals surface area contributed by atoms with Crippen LogP contribution in [0, 0.1) is 0 Å². The summed E-state index contributed by atoms with van der Waals surface area (Å²) in [4.78, 5) is 46.9. The highest BCUT2D eigenvalue weighted by Crippen LogP contribution is 2.35. The molecule has 56 heavy (non-hydrogen) atoms. The molecule has 4 atom stereocenters. The number of aldehydes is 1. The Hall–Kier alpha value is -5.82. The van der Waals surface area contributed by atoms with Crippen molar-refractivity contribution in [2.45, 2.75) is 49.9 Å². The Morgan fingerprint density at radius 1 is 0.750 bits per heavy atom. The van der Waals surface area contributed by atoms with Crippen molar-refractivity contribution in [1.82, 2.24) is 50.1 Å². The molecule has 6 aromatic rings. The van der Waals surface area contributed by atoms with Gasteiger partial charge >= 0.3 is 0 Å². The van der Waals surface area contributed by atoms with Crippen LogP contribution in [0.15, 0.2) is 109 Å². The van der Waals surface area contributed by atoms with E-state index in [1.807, 2.05) is 103 Å². The number of aromatic amines is 2. The number of carbonyl (C=O) groups is 2. The first-order chi connectivity index (χ1) is 27.3. The molecular weight excluding hydrogens is 701 g/mol. The SMILES string of the molecule is CN(C)[C@@H](C(=O)N1CCC[C@H]1c1ncc(-c2ccc(-c3ccc(-c4cnc([C@@H]5CCCN5C)[nH]4)cc3)nn2)[nH]1)c1ccccc1.CN[C@@H](C=O)c1ccccc1. The highest BCUT2D eigenvalue weighted by atomic mass is 16.2. The molecule has 2 aliphatic rings. The molecular formula is C44H50N10O2. The van der Waals surface area contributed by atoms with Crippen molar-refractivity contribution in [3.8, 4) is 33.9 Å². The molecule has 3 N–H and O–H groups in total. The van der Waals surface area contributed by atoms with Gasteiger partial charge in [-0.15, -0.1) is 10.2 Å². The van der Waals surface area contributed by atoms with Crippen LogP contribution < -0.4 is 5.32 Å². The van der Waals surface area contributed by atoms with Crippen molar-refractivity contribution >= 4 is 12.2 Å². The molecule has 12 heteroatoms. The fraction of sp³-hybridized carbons (Fsp3) is 0.318. The summed E-state index contributed by atoms with van der Waals surface area (Å²) in [6.45, 7) is 1.83. The molecule has 0 bridgehead atoms. The normalized spacial score (nSPS) is 18.1. The van der Waals surface area contributed by atoms with Crippen LogP contribution in [0.3, 0.4) is 0 Å². The average Bonchev–Trinajstić information content (AvgIpc) is 4.08. The zero-order valence-corrected chi connectivity index (χ0v) is 32.5. The standard InChI is InChI=1S/C35H39N9O.C9H11NO/c1-42(2)32(25-9-5-4-6-10-25)35(45)44-20-8-12-31(44)34-37-22-29(39-34)27-18-17-26(40-41-27)23-13-15-24(16-14-23)28-21-36-33(38-28)30-11-7-19-43(30)3;1-10-9(7-11)8-5-3-2-4-6-8/h4-6,9-10,13-18,21-22,30-32H,7-8,11-12,19-20H2,1-3H3,(H,36,38)(H,37,39);2-7,9-10H,1H3/t30-,31-,32+;9-/m00/s1. The summed E-state index contributed by atoms with van der Waals surface area (Å²) < 4.78 is 0. The third kappa shape index (κ3) is 8.52. The van der Waals surface area contributed by atoms with E-state index in [4.69, 9.17) is 4.98 Å². The maximum absolute atomic E-state index is 13.8. The Labute approximate surface area is 328 Å². The molecule has 288 valence electrons. The van der Waals surface area contributed by atoms with Gasteiger partial charge in [0.2, 0.25) is 5.91 Å². The van der Waals surface area contributed by atoms with E-state index in [-0.39, 0.29) is 24.0 Å². The van der Waals surface area contributed by atoms with Crippen LogP contribution >= 0.6 is 0 Å². The molecule has 8 rings (SSSR count). The van der Waals surface area contributed by atoms with E-state index in [1.165, 1.54) is 6.42 Å². The Morgan fingerprint density at radius 3 is 1.93 bits per heavy atom. The number of likely N-dealkylation sites (N-methyl/N-ethyl adjacent to an activating group) is 2. The summed E-state index contributed by atoms with van der Waals surface area (Å²) in [5.74, 6) is 1.91. The molecule has 0 radical (unpaired) electrons. The average molecular weight is 751 g/mol. The van der Waals surface area contributed by atoms with Gasteiger partial charge in [-0.1, -0.05) is 84.9 Å². The topological polar surface area (TPSA) is 139 Å². The second-order valence-corrected chi connectivity index (χ2v) is 14.7. The van der Waals surface area contributed by atoms with Crippen LogP contribution in [0.5, 0.6) is 0 Å². The lowest BCUT2D eigenvalue weighted by atomic mass is 10.0. The summed E-state index contributed by atoms with van der Waals surface area (Å²) in [6, 6.07) is 31.6. The van der Waals surface area contributed by atoms with E-state index < -0.39 is 0 Å². The summed E-state index contributed by atoms with van der Waals surface area (Å²) in [5.41, 5.74) is 7.40. The van der Waals surface area contributed by atoms with Crippen LogP contribution in [0.4, 0.5) is 0 Å². The van der Waals surface area contributed by atoms with Crippen molar-refractivity contribution in [3.63, 3.8) is 0 Å². The molecule has 2 aliphatic heterocycles. The van der Waals surface area contributed by atoms with Crippen LogP contribution in [-0.2, 0) is 9.59 Å². The predicted octanol–water partition coefficient (Wildman–Crippen LogP) is 6.80. The van der Waals surface area contributed by atoms with Crippen molar-refractivity contribution in [1.29, 1.82) is 0 Å². The molecule has 2 saturated heterocycles. The number of hydrogen-bond donors (Lipinski definition) is 3. The molecule has 0 unspecified atom stereocenters. The molecule has 0 spiro atoms. The Bertz CT molecular complexity index is 2170. The van der Waals surface area contributed by atoms with Crippen LogP contribution in [0.25, 0.3) is 33.9 Å². The van der Waals surface area contributed by atoms with Gasteiger partial charge in [-0.25, -0.2) is 9.97 Å². The van der Waals surface area contributed by atoms with Crippen molar-refractivity contribution in [2.75, 3.05) is 41.3 Å². The van der Waals surface area contributed by atoms with Gasteiger partial charge in [-0.3, -0.25) is 14.6 Å². The van der Waals surface area contributed by atoms with Crippen molar-refractivity contribution in [2.24, 2.45) is 0 Å². The first-order valence-corrected chi connectivity index (χ1v) is 19.3. The number of benzene rings is 3. The molecule has 0 saturated carbocycles. The van der Waals surface area contributed by atoms with Gasteiger partial charge in [0.05, 0.1) is 47.6 Å². The molecule has 5 heterocycles. The second-order valence-electron chi connectivity index (χ2n) is 14.7. The number of aromatic nitrogens is 6. The lowest BCUT2D eigenvalue weighted by Gasteiger charge is -2.31. The maximum Gasteiger partial charge on any atom is 0.245 e. The summed E-state index contributed by atoms with van der Waals surface area (Å²) in [6.07, 6.45) is 8.77. The van der Waals surface area contributed by atoms with Crippen LogP contribution in [-0.4, -0.2) is 98.3 Å². The van der Waals surface area contributed by atoms with E-state index in [2.05, 4.69) is 66.7 Å². The second kappa shape index (κ2) is 17.8. The minimum absolute atomic E-state index is 0.0937. The smallest absolute Gasteiger partial charge is 0.245 e. The van der Waals surface area contributed by atoms with Crippen LogP contribution in [0.1, 0.15) is 72.6 Å². The fourth-order valence-electron chi connectivity index (χ4n) is 7.74. The monoisotopic (exact) mass is 750 g/mol. The van der Waals surface area contributed by atoms with Gasteiger partial charge in [-0.05, 0) is 89.2 Å². The lowest BCUT2D eigenvalue weighted by Crippen LogP contribution is -2.40. The Morgan fingerprint density at radius 2 is 1.32 bits per heavy atom. The molecule has 2 fully saturated rings. The number of nitrogens with zero attached hydrogens (tertiary/aromatic N) is 7. The van der Waals surface area contributed by atoms with Gasteiger partial charge in [0.25, 0.3) is 0 Å². The zero-order chi connectivity index (χ0) is 39.0. The first kappa shape index (κ1) is 38.5. The van der Waals surface area contributed by atoms with Gasteiger partial charge in [0, 0.05) is 12.1 Å². The molecule has 1 amide bonds. The van der Waals surface area contributed by atoms with Gasteiger partial charge in [-0.2, -0.15) is 0 Å². The predicted molar refractivity (Wildman–Crippen MR) is 218 cm³/mol. The number of amides is 1. The number of hydrogen-bond acceptors (Lipinski definition) is 9. The van der Waals surface area contributed by atoms with E-state index in [0.29, 0.717) is 18.3 Å². The number of nitrogens with one attached hydrogen (secondary N) is 3. The third-order valence-electron chi connectivity index (χ3n) is 10.8. The maximum atomic E-state index is 13.8. The molecule has 3 aromatic heterocycles. The van der Waals surface area contributed by atoms with E-state index >= 15 is 0 Å². The highest BCUT2D eigenvalue weighted by molar-refractivity contribution is 5.84. The number of rotatable bonds is 11. The van der Waals surface area contributed by atoms with E-state index in [1.54, 1.807) is 13.2 Å². The fourth-order valence-corrected chi connectivity index (χ4v) is 7.74. The number of likely N-dealkylation sites (tertiary alicyclic amines) is 2. The van der Waals surface area contributed by atoms with Gasteiger partial charge < -0.3 is 25.0 Å². The van der Waals surface area contributed by atoms with Crippen molar-refractivity contribution in [3.05, 3.63) is 132 Å². The zero-order valence-electron chi connectivity index (χ0n) is 32.5. The van der Waals surface area contributed by atoms with E-state index in [0.717, 1.165) is 83.1 Å². The third-order valence-corrected chi connectivity index (χ3v) is 10.8. The Kier molecular flexibility index (Phi) is 12.2. The van der Waals surface area contributed by atoms with Gasteiger partial charge in [0.1, 0.15) is 29.7 Å². The summed E-state index contributed by atoms with van der Waals surface area (Å²) in [5, 5.41) is 11.9. The number of H-pyrrole nitrogens is 2. The van der Waals surface area contributed by atoms with Gasteiger partial charge in [0.15, 0.2) is 0 Å². The van der Waals surface area contributed by atoms with Crippen LogP contribution in [0.2, 0.25) is 0 Å². The summed E-state index contributed by atoms with van der Waals surface area (Å²) in [7, 11) is 7.83. The number of imidazole rings is 2. The lowest BCUT2D eigenvalue weighted by molar-refractivity contribution is -0.137. The quantitative estimate of drug-likeness (QED) is 0.122. The first-order valence-electron chi connectivity index (χ1n) is 19.3. The van der Waals surface area contributed by atoms with E-state index in [9.17, 15) is 9.59 Å². The minimum Gasteiger partial charge on any atom is -0.341 e. The highest BCUT2D eigenvalue weighted by Gasteiger charge is 2.37. The molecule has 0 aliphatic carbocycles. The molecule has 12 nitrogen and oxygen atoms in total. The van der Waals surface area contributed by atoms with Crippen molar-refractivity contribution < 1.29 is 9.59 Å². The Balaban J connectivity index is 0.000000378. The summed E-state index contributed by atoms with van der Waals surface area (Å²) >= 11 is 0. The largest absolute Gasteiger partial charge is 0.341 e. The minimum atomic E-state index is -0.343.